The fourth-order valence-corrected chi connectivity index (χ4v) is 0.650. The normalized spacial score (nSPS) is 9.50. The molecule has 0 spiro atoms. The van der Waals surface area contributed by atoms with Crippen LogP contribution in [0.4, 0.5) is 0 Å². The molecule has 0 N–H and O–H groups in total. The Kier molecular flexibility index (Phi) is 5.43. The lowest BCUT2D eigenvalue weighted by molar-refractivity contribution is 0.737. The quantitative estimate of drug-likeness (QED) is 0.630. The number of rotatable bonds is 1. The average Bonchev–Trinajstić information content (AvgIpc) is 2.34. The summed E-state index contributed by atoms with van der Waals surface area (Å²) in [6, 6.07) is 0. The summed E-state index contributed by atoms with van der Waals surface area (Å²) in [6.45, 7) is 8.60. The second kappa shape index (κ2) is 5.81. The Balaban J connectivity index is 0.000000261. The van der Waals surface area contributed by atoms with E-state index in [0.717, 1.165) is 18.0 Å². The predicted molar refractivity (Wildman–Crippen MR) is 53.1 cm³/mol. The van der Waals surface area contributed by atoms with Gasteiger partial charge in [0.05, 0.1) is 12.0 Å². The van der Waals surface area contributed by atoms with Crippen molar-refractivity contribution in [2.24, 2.45) is 13.0 Å². The van der Waals surface area contributed by atoms with E-state index in [-0.39, 0.29) is 0 Å². The van der Waals surface area contributed by atoms with Crippen LogP contribution in [-0.4, -0.2) is 9.55 Å². The maximum atomic E-state index is 4.10. The minimum absolute atomic E-state index is 0.833. The van der Waals surface area contributed by atoms with Crippen LogP contribution in [0.2, 0.25) is 0 Å². The van der Waals surface area contributed by atoms with Gasteiger partial charge in [0.15, 0.2) is 0 Å². The Labute approximate surface area is 75.6 Å². The molecular weight excluding hydrogens is 148 g/mol. The SMILES string of the molecule is CC(C)C.CCc1cn(C)cn1. The first-order valence-corrected chi connectivity index (χ1v) is 4.53. The third-order valence-corrected chi connectivity index (χ3v) is 1.12. The predicted octanol–water partition coefficient (Wildman–Crippen LogP) is 2.64. The zero-order chi connectivity index (χ0) is 9.56. The molecule has 2 nitrogen and oxygen atoms in total. The van der Waals surface area contributed by atoms with Crippen LogP contribution < -0.4 is 0 Å². The zero-order valence-corrected chi connectivity index (χ0v) is 8.83. The van der Waals surface area contributed by atoms with Gasteiger partial charge in [0, 0.05) is 13.2 Å². The molecule has 0 aromatic carbocycles. The van der Waals surface area contributed by atoms with Crippen LogP contribution in [0.3, 0.4) is 0 Å². The molecule has 0 aliphatic heterocycles. The van der Waals surface area contributed by atoms with E-state index in [2.05, 4.69) is 32.7 Å². The molecule has 0 saturated carbocycles. The molecule has 1 heterocycles. The Morgan fingerprint density at radius 3 is 2.08 bits per heavy atom. The smallest absolute Gasteiger partial charge is 0.0946 e. The van der Waals surface area contributed by atoms with E-state index < -0.39 is 0 Å². The molecular formula is C10H20N2. The fraction of sp³-hybridized carbons (Fsp3) is 0.700. The summed E-state index contributed by atoms with van der Waals surface area (Å²) in [7, 11) is 1.98. The lowest BCUT2D eigenvalue weighted by Gasteiger charge is -1.81. The molecule has 1 aromatic rings. The van der Waals surface area contributed by atoms with Crippen molar-refractivity contribution in [2.45, 2.75) is 34.1 Å². The average molecular weight is 168 g/mol. The topological polar surface area (TPSA) is 17.8 Å². The van der Waals surface area contributed by atoms with Gasteiger partial charge < -0.3 is 4.57 Å². The van der Waals surface area contributed by atoms with E-state index in [4.69, 9.17) is 0 Å². The maximum absolute atomic E-state index is 4.10. The summed E-state index contributed by atoms with van der Waals surface area (Å²) in [4.78, 5) is 4.10. The summed E-state index contributed by atoms with van der Waals surface area (Å²) >= 11 is 0. The van der Waals surface area contributed by atoms with Gasteiger partial charge in [-0.1, -0.05) is 27.7 Å². The number of aryl methyl sites for hydroxylation is 2. The molecule has 0 fully saturated rings. The van der Waals surface area contributed by atoms with Crippen LogP contribution in [0.25, 0.3) is 0 Å². The van der Waals surface area contributed by atoms with Gasteiger partial charge in [0.1, 0.15) is 0 Å². The lowest BCUT2D eigenvalue weighted by atomic mass is 10.3. The van der Waals surface area contributed by atoms with E-state index in [0.29, 0.717) is 0 Å². The zero-order valence-electron chi connectivity index (χ0n) is 8.83. The van der Waals surface area contributed by atoms with E-state index in [1.807, 2.05) is 24.1 Å². The van der Waals surface area contributed by atoms with Crippen molar-refractivity contribution < 1.29 is 0 Å². The van der Waals surface area contributed by atoms with Gasteiger partial charge in [-0.05, 0) is 12.3 Å². The van der Waals surface area contributed by atoms with Gasteiger partial charge in [-0.2, -0.15) is 0 Å². The van der Waals surface area contributed by atoms with Gasteiger partial charge in [-0.15, -0.1) is 0 Å². The highest BCUT2D eigenvalue weighted by molar-refractivity contribution is 4.94. The Morgan fingerprint density at radius 2 is 1.92 bits per heavy atom. The van der Waals surface area contributed by atoms with Crippen LogP contribution in [-0.2, 0) is 13.5 Å². The number of aromatic nitrogens is 2. The fourth-order valence-electron chi connectivity index (χ4n) is 0.650. The maximum Gasteiger partial charge on any atom is 0.0946 e. The molecule has 0 radical (unpaired) electrons. The van der Waals surface area contributed by atoms with Crippen LogP contribution in [0, 0.1) is 5.92 Å². The van der Waals surface area contributed by atoms with Gasteiger partial charge >= 0.3 is 0 Å². The summed E-state index contributed by atoms with van der Waals surface area (Å²) in [6.07, 6.45) is 4.87. The van der Waals surface area contributed by atoms with Crippen molar-refractivity contribution in [3.8, 4) is 0 Å². The molecule has 12 heavy (non-hydrogen) atoms. The van der Waals surface area contributed by atoms with Crippen molar-refractivity contribution >= 4 is 0 Å². The first-order valence-electron chi connectivity index (χ1n) is 4.53. The van der Waals surface area contributed by atoms with E-state index in [9.17, 15) is 0 Å². The van der Waals surface area contributed by atoms with Gasteiger partial charge in [-0.3, -0.25) is 0 Å². The number of hydrogen-bond donors (Lipinski definition) is 0. The summed E-state index contributed by atoms with van der Waals surface area (Å²) < 4.78 is 1.96. The van der Waals surface area contributed by atoms with Crippen LogP contribution >= 0.6 is 0 Å². The highest BCUT2D eigenvalue weighted by Crippen LogP contribution is 1.92. The van der Waals surface area contributed by atoms with Crippen molar-refractivity contribution in [1.29, 1.82) is 0 Å². The van der Waals surface area contributed by atoms with Crippen molar-refractivity contribution in [3.05, 3.63) is 18.2 Å². The summed E-state index contributed by atoms with van der Waals surface area (Å²) in [5, 5.41) is 0. The summed E-state index contributed by atoms with van der Waals surface area (Å²) in [5.74, 6) is 0.833. The molecule has 2 heteroatoms. The second-order valence-electron chi connectivity index (χ2n) is 3.62. The van der Waals surface area contributed by atoms with Gasteiger partial charge in [0.2, 0.25) is 0 Å². The lowest BCUT2D eigenvalue weighted by Crippen LogP contribution is -1.78. The minimum Gasteiger partial charge on any atom is -0.340 e. The molecule has 1 rings (SSSR count). The molecule has 0 saturated heterocycles. The molecule has 0 aliphatic rings. The van der Waals surface area contributed by atoms with Crippen LogP contribution in [0.5, 0.6) is 0 Å². The first kappa shape index (κ1) is 11.2. The minimum atomic E-state index is 0.833. The molecule has 0 amide bonds. The molecule has 0 atom stereocenters. The molecule has 0 bridgehead atoms. The molecule has 0 unspecified atom stereocenters. The van der Waals surface area contributed by atoms with Crippen molar-refractivity contribution in [1.82, 2.24) is 9.55 Å². The van der Waals surface area contributed by atoms with Crippen LogP contribution in [0.15, 0.2) is 12.5 Å². The molecule has 70 valence electrons. The highest BCUT2D eigenvalue weighted by Gasteiger charge is 1.88. The van der Waals surface area contributed by atoms with Crippen molar-refractivity contribution in [3.63, 3.8) is 0 Å². The Hall–Kier alpha value is -0.790. The van der Waals surface area contributed by atoms with Crippen molar-refractivity contribution in [2.75, 3.05) is 0 Å². The number of hydrogen-bond acceptors (Lipinski definition) is 1. The summed E-state index contributed by atoms with van der Waals surface area (Å²) in [5.41, 5.74) is 1.16. The standard InChI is InChI=1S/C6H10N2.C4H10/c1-3-6-4-8(2)5-7-6;1-4(2)3/h4-5H,3H2,1-2H3;4H,1-3H3. The van der Waals surface area contributed by atoms with E-state index in [1.54, 1.807) is 0 Å². The monoisotopic (exact) mass is 168 g/mol. The van der Waals surface area contributed by atoms with Gasteiger partial charge in [-0.25, -0.2) is 4.98 Å². The van der Waals surface area contributed by atoms with E-state index in [1.165, 1.54) is 0 Å². The Bertz CT molecular complexity index is 199. The molecule has 1 aromatic heterocycles. The van der Waals surface area contributed by atoms with E-state index >= 15 is 0 Å². The largest absolute Gasteiger partial charge is 0.340 e. The Morgan fingerprint density at radius 1 is 1.42 bits per heavy atom. The number of nitrogens with zero attached hydrogens (tertiary/aromatic N) is 2. The van der Waals surface area contributed by atoms with Gasteiger partial charge in [0.25, 0.3) is 0 Å². The third-order valence-electron chi connectivity index (χ3n) is 1.12. The first-order chi connectivity index (χ1) is 5.56. The number of imidazole rings is 1. The second-order valence-corrected chi connectivity index (χ2v) is 3.62. The third kappa shape index (κ3) is 5.96. The highest BCUT2D eigenvalue weighted by atomic mass is 15.0. The molecule has 0 aliphatic carbocycles. The van der Waals surface area contributed by atoms with Crippen LogP contribution in [0.1, 0.15) is 33.4 Å².